The average Bonchev–Trinajstić information content (AvgIpc) is 2.63. The fourth-order valence-corrected chi connectivity index (χ4v) is 1.84. The van der Waals surface area contributed by atoms with E-state index in [0.717, 1.165) is 26.1 Å². The molecule has 4 heteroatoms. The number of nitrogens with one attached hydrogen (secondary N) is 1. The second kappa shape index (κ2) is 6.44. The van der Waals surface area contributed by atoms with Crippen molar-refractivity contribution in [3.63, 3.8) is 0 Å². The first-order valence-corrected chi connectivity index (χ1v) is 5.17. The van der Waals surface area contributed by atoms with Crippen LogP contribution in [0, 0.1) is 18.3 Å². The monoisotopic (exact) mass is 210 g/mol. The second-order valence-corrected chi connectivity index (χ2v) is 3.83. The van der Waals surface area contributed by atoms with Crippen molar-refractivity contribution in [2.75, 3.05) is 39.9 Å². The molecule has 1 aliphatic heterocycles. The third kappa shape index (κ3) is 4.32. The van der Waals surface area contributed by atoms with Gasteiger partial charge in [0.05, 0.1) is 19.7 Å². The summed E-state index contributed by atoms with van der Waals surface area (Å²) >= 11 is 0. The van der Waals surface area contributed by atoms with Gasteiger partial charge in [0.1, 0.15) is 0 Å². The van der Waals surface area contributed by atoms with Crippen LogP contribution in [-0.2, 0) is 9.53 Å². The highest BCUT2D eigenvalue weighted by Crippen LogP contribution is 2.15. The smallest absolute Gasteiger partial charge is 0.234 e. The number of terminal acetylenes is 1. The molecule has 0 radical (unpaired) electrons. The predicted molar refractivity (Wildman–Crippen MR) is 58.3 cm³/mol. The molecule has 84 valence electrons. The van der Waals surface area contributed by atoms with Crippen LogP contribution in [0.25, 0.3) is 0 Å². The molecule has 4 nitrogen and oxygen atoms in total. The Morgan fingerprint density at radius 1 is 1.73 bits per heavy atom. The van der Waals surface area contributed by atoms with Crippen LogP contribution in [0.3, 0.4) is 0 Å². The van der Waals surface area contributed by atoms with Gasteiger partial charge in [-0.15, -0.1) is 6.42 Å². The quantitative estimate of drug-likeness (QED) is 0.634. The summed E-state index contributed by atoms with van der Waals surface area (Å²) in [5.74, 6) is 2.95. The number of ether oxygens (including phenoxy) is 1. The standard InChI is InChI=1S/C11H18N2O2/c1-3-5-12-11(14)8-13-6-4-10(7-13)9-15-2/h1,10H,4-9H2,2H3,(H,12,14). The first kappa shape index (κ1) is 12.0. The third-order valence-corrected chi connectivity index (χ3v) is 2.53. The van der Waals surface area contributed by atoms with Gasteiger partial charge in [0.2, 0.25) is 5.91 Å². The van der Waals surface area contributed by atoms with Gasteiger partial charge in [-0.3, -0.25) is 9.69 Å². The Kier molecular flexibility index (Phi) is 5.16. The number of amides is 1. The molecule has 1 heterocycles. The van der Waals surface area contributed by atoms with Gasteiger partial charge in [0.25, 0.3) is 0 Å². The van der Waals surface area contributed by atoms with E-state index in [0.29, 0.717) is 19.0 Å². The summed E-state index contributed by atoms with van der Waals surface area (Å²) in [6, 6.07) is 0. The molecule has 15 heavy (non-hydrogen) atoms. The molecule has 0 bridgehead atoms. The first-order chi connectivity index (χ1) is 7.26. The van der Waals surface area contributed by atoms with Crippen LogP contribution in [0.4, 0.5) is 0 Å². The second-order valence-electron chi connectivity index (χ2n) is 3.83. The number of nitrogens with zero attached hydrogens (tertiary/aromatic N) is 1. The van der Waals surface area contributed by atoms with E-state index in [2.05, 4.69) is 16.1 Å². The SMILES string of the molecule is C#CCNC(=O)CN1CCC(COC)C1. The van der Waals surface area contributed by atoms with Crippen LogP contribution in [-0.4, -0.2) is 50.7 Å². The van der Waals surface area contributed by atoms with Gasteiger partial charge in [0.15, 0.2) is 0 Å². The summed E-state index contributed by atoms with van der Waals surface area (Å²) in [7, 11) is 1.71. The van der Waals surface area contributed by atoms with Crippen molar-refractivity contribution in [2.45, 2.75) is 6.42 Å². The normalized spacial score (nSPS) is 21.2. The van der Waals surface area contributed by atoms with Crippen LogP contribution in [0.5, 0.6) is 0 Å². The number of carbonyl (C=O) groups excluding carboxylic acids is 1. The van der Waals surface area contributed by atoms with E-state index in [1.807, 2.05) is 0 Å². The van der Waals surface area contributed by atoms with E-state index in [1.165, 1.54) is 0 Å². The zero-order valence-corrected chi connectivity index (χ0v) is 9.16. The van der Waals surface area contributed by atoms with Gasteiger partial charge in [0, 0.05) is 13.7 Å². The van der Waals surface area contributed by atoms with Crippen molar-refractivity contribution in [1.82, 2.24) is 10.2 Å². The van der Waals surface area contributed by atoms with Crippen LogP contribution < -0.4 is 5.32 Å². The number of hydrogen-bond donors (Lipinski definition) is 1. The van der Waals surface area contributed by atoms with E-state index in [4.69, 9.17) is 11.2 Å². The molecular formula is C11H18N2O2. The van der Waals surface area contributed by atoms with E-state index in [-0.39, 0.29) is 5.91 Å². The first-order valence-electron chi connectivity index (χ1n) is 5.17. The highest BCUT2D eigenvalue weighted by molar-refractivity contribution is 5.78. The minimum atomic E-state index is 0.00557. The van der Waals surface area contributed by atoms with Crippen LogP contribution in [0.1, 0.15) is 6.42 Å². The molecule has 0 aromatic rings. The Morgan fingerprint density at radius 2 is 2.53 bits per heavy atom. The third-order valence-electron chi connectivity index (χ3n) is 2.53. The Hall–Kier alpha value is -1.05. The molecule has 1 N–H and O–H groups in total. The Balaban J connectivity index is 2.18. The summed E-state index contributed by atoms with van der Waals surface area (Å²) in [4.78, 5) is 13.5. The van der Waals surface area contributed by atoms with Gasteiger partial charge >= 0.3 is 0 Å². The number of hydrogen-bond acceptors (Lipinski definition) is 3. The molecule has 0 saturated carbocycles. The Bertz CT molecular complexity index is 247. The van der Waals surface area contributed by atoms with Crippen molar-refractivity contribution in [2.24, 2.45) is 5.92 Å². The summed E-state index contributed by atoms with van der Waals surface area (Å²) in [6.07, 6.45) is 6.16. The molecule has 0 aromatic heterocycles. The lowest BCUT2D eigenvalue weighted by atomic mass is 10.1. The molecule has 1 amide bonds. The van der Waals surface area contributed by atoms with E-state index >= 15 is 0 Å². The molecule has 1 saturated heterocycles. The highest BCUT2D eigenvalue weighted by Gasteiger charge is 2.23. The van der Waals surface area contributed by atoms with Crippen molar-refractivity contribution < 1.29 is 9.53 Å². The lowest BCUT2D eigenvalue weighted by Gasteiger charge is -2.14. The molecule has 1 rings (SSSR count). The molecule has 0 aliphatic carbocycles. The maximum absolute atomic E-state index is 11.3. The maximum Gasteiger partial charge on any atom is 0.234 e. The summed E-state index contributed by atoms with van der Waals surface area (Å²) < 4.78 is 5.09. The zero-order valence-electron chi connectivity index (χ0n) is 9.16. The maximum atomic E-state index is 11.3. The summed E-state index contributed by atoms with van der Waals surface area (Å²) in [6.45, 7) is 3.45. The van der Waals surface area contributed by atoms with E-state index in [9.17, 15) is 4.79 Å². The van der Waals surface area contributed by atoms with Crippen LogP contribution >= 0.6 is 0 Å². The average molecular weight is 210 g/mol. The minimum Gasteiger partial charge on any atom is -0.384 e. The van der Waals surface area contributed by atoms with Gasteiger partial charge in [-0.2, -0.15) is 0 Å². The van der Waals surface area contributed by atoms with Crippen LogP contribution in [0.2, 0.25) is 0 Å². The Labute approximate surface area is 91.0 Å². The molecule has 0 spiro atoms. The minimum absolute atomic E-state index is 0.00557. The topological polar surface area (TPSA) is 41.6 Å². The summed E-state index contributed by atoms with van der Waals surface area (Å²) in [5.41, 5.74) is 0. The van der Waals surface area contributed by atoms with Gasteiger partial charge in [-0.25, -0.2) is 0 Å². The molecule has 1 atom stereocenters. The number of methoxy groups -OCH3 is 1. The lowest BCUT2D eigenvalue weighted by Crippen LogP contribution is -2.36. The van der Waals surface area contributed by atoms with Crippen LogP contribution in [0.15, 0.2) is 0 Å². The van der Waals surface area contributed by atoms with Gasteiger partial charge < -0.3 is 10.1 Å². The lowest BCUT2D eigenvalue weighted by molar-refractivity contribution is -0.121. The van der Waals surface area contributed by atoms with Crippen molar-refractivity contribution in [3.8, 4) is 12.3 Å². The largest absolute Gasteiger partial charge is 0.384 e. The van der Waals surface area contributed by atoms with Gasteiger partial charge in [-0.05, 0) is 18.9 Å². The van der Waals surface area contributed by atoms with Crippen molar-refractivity contribution >= 4 is 5.91 Å². The number of carbonyl (C=O) groups is 1. The molecular weight excluding hydrogens is 192 g/mol. The van der Waals surface area contributed by atoms with Crippen molar-refractivity contribution in [3.05, 3.63) is 0 Å². The van der Waals surface area contributed by atoms with Crippen molar-refractivity contribution in [1.29, 1.82) is 0 Å². The fraction of sp³-hybridized carbons (Fsp3) is 0.727. The molecule has 1 fully saturated rings. The number of likely N-dealkylation sites (tertiary alicyclic amines) is 1. The molecule has 0 aromatic carbocycles. The molecule has 1 unspecified atom stereocenters. The number of rotatable bonds is 5. The zero-order chi connectivity index (χ0) is 11.1. The Morgan fingerprint density at radius 3 is 3.20 bits per heavy atom. The van der Waals surface area contributed by atoms with E-state index < -0.39 is 0 Å². The fourth-order valence-electron chi connectivity index (χ4n) is 1.84. The van der Waals surface area contributed by atoms with E-state index in [1.54, 1.807) is 7.11 Å². The highest BCUT2D eigenvalue weighted by atomic mass is 16.5. The molecule has 1 aliphatic rings. The summed E-state index contributed by atoms with van der Waals surface area (Å²) in [5, 5.41) is 2.66. The van der Waals surface area contributed by atoms with Gasteiger partial charge in [-0.1, -0.05) is 5.92 Å². The predicted octanol–water partition coefficient (Wildman–Crippen LogP) is -0.296.